The summed E-state index contributed by atoms with van der Waals surface area (Å²) >= 11 is 3.28. The van der Waals surface area contributed by atoms with Gasteiger partial charge in [-0.3, -0.25) is 20.0 Å². The van der Waals surface area contributed by atoms with Gasteiger partial charge in [-0.05, 0) is 52.5 Å². The maximum absolute atomic E-state index is 12.9. The van der Waals surface area contributed by atoms with E-state index in [9.17, 15) is 14.4 Å². The van der Waals surface area contributed by atoms with Crippen molar-refractivity contribution in [2.75, 3.05) is 36.5 Å². The Morgan fingerprint density at radius 1 is 0.923 bits per heavy atom. The highest BCUT2D eigenvalue weighted by Gasteiger charge is 2.18. The average Bonchev–Trinajstić information content (AvgIpc) is 2.94. The summed E-state index contributed by atoms with van der Waals surface area (Å²) in [5.74, 6) is -0.333. The van der Waals surface area contributed by atoms with Crippen LogP contribution in [-0.4, -0.2) is 49.4 Å². The summed E-state index contributed by atoms with van der Waals surface area (Å²) in [6.45, 7) is 2.02. The minimum absolute atomic E-state index is 0.0449. The molecule has 0 radical (unpaired) electrons. The molecule has 0 fully saturated rings. The lowest BCUT2D eigenvalue weighted by atomic mass is 10.1. The molecule has 1 heterocycles. The van der Waals surface area contributed by atoms with Crippen molar-refractivity contribution in [2.45, 2.75) is 6.92 Å². The molecule has 0 spiro atoms. The van der Waals surface area contributed by atoms with Gasteiger partial charge in [-0.25, -0.2) is 9.59 Å². The van der Waals surface area contributed by atoms with Crippen molar-refractivity contribution < 1.29 is 23.9 Å². The summed E-state index contributed by atoms with van der Waals surface area (Å²) in [4.78, 5) is 43.0. The number of hydrogen-bond donors (Lipinski definition) is 2. The molecule has 0 bridgehead atoms. The van der Waals surface area contributed by atoms with Crippen LogP contribution in [0.2, 0.25) is 0 Å². The van der Waals surface area contributed by atoms with Crippen molar-refractivity contribution in [3.8, 4) is 0 Å². The van der Waals surface area contributed by atoms with E-state index in [2.05, 4.69) is 31.5 Å². The third-order valence-corrected chi connectivity index (χ3v) is 6.15. The fourth-order valence-corrected chi connectivity index (χ4v) is 4.14. The van der Waals surface area contributed by atoms with Crippen molar-refractivity contribution >= 4 is 56.2 Å². The summed E-state index contributed by atoms with van der Waals surface area (Å²) < 4.78 is 11.4. The Morgan fingerprint density at radius 3 is 2.49 bits per heavy atom. The quantitative estimate of drug-likeness (QED) is 0.234. The van der Waals surface area contributed by atoms with E-state index in [1.54, 1.807) is 30.5 Å². The lowest BCUT2D eigenvalue weighted by molar-refractivity contribution is 0.0935. The van der Waals surface area contributed by atoms with E-state index in [0.717, 1.165) is 16.3 Å². The van der Waals surface area contributed by atoms with E-state index < -0.39 is 12.2 Å². The second kappa shape index (κ2) is 13.4. The SMILES string of the molecule is Cc1ccc(N(CCOC(=O)Nc2cccc3ccccc23)C(=O)OCCNC(=O)c2cncc(Br)c2)cc1. The van der Waals surface area contributed by atoms with Crippen molar-refractivity contribution in [3.05, 3.63) is 101 Å². The summed E-state index contributed by atoms with van der Waals surface area (Å²) in [5, 5.41) is 7.34. The van der Waals surface area contributed by atoms with Crippen molar-refractivity contribution in [3.63, 3.8) is 0 Å². The molecule has 0 saturated carbocycles. The predicted molar refractivity (Wildman–Crippen MR) is 153 cm³/mol. The highest BCUT2D eigenvalue weighted by Crippen LogP contribution is 2.23. The zero-order valence-electron chi connectivity index (χ0n) is 21.2. The van der Waals surface area contributed by atoms with Gasteiger partial charge in [0.15, 0.2) is 0 Å². The number of halogens is 1. The Kier molecular flexibility index (Phi) is 9.47. The number of aryl methyl sites for hydroxylation is 1. The average molecular weight is 591 g/mol. The number of pyridine rings is 1. The number of hydrogen-bond acceptors (Lipinski definition) is 6. The monoisotopic (exact) mass is 590 g/mol. The molecule has 0 saturated heterocycles. The van der Waals surface area contributed by atoms with Crippen LogP contribution in [0.25, 0.3) is 10.8 Å². The number of carbonyl (C=O) groups excluding carboxylic acids is 3. The highest BCUT2D eigenvalue weighted by atomic mass is 79.9. The topological polar surface area (TPSA) is 110 Å². The fourth-order valence-electron chi connectivity index (χ4n) is 3.78. The molecule has 4 aromatic rings. The lowest BCUT2D eigenvalue weighted by Crippen LogP contribution is -2.37. The van der Waals surface area contributed by atoms with Crippen LogP contribution in [0.5, 0.6) is 0 Å². The standard InChI is InChI=1S/C29H27BrN4O5/c1-20-9-11-24(12-10-20)34(29(37)39-15-13-32-27(35)22-17-23(30)19-31-18-22)14-16-38-28(36)33-26-8-4-6-21-5-2-3-7-25(21)26/h2-12,17-19H,13-16H2,1H3,(H,32,35)(H,33,36). The number of ether oxygens (including phenoxy) is 2. The third-order valence-electron chi connectivity index (χ3n) is 5.72. The van der Waals surface area contributed by atoms with E-state index in [-0.39, 0.29) is 32.2 Å². The second-order valence-corrected chi connectivity index (χ2v) is 9.45. The first-order valence-electron chi connectivity index (χ1n) is 12.2. The predicted octanol–water partition coefficient (Wildman–Crippen LogP) is 5.93. The Balaban J connectivity index is 1.31. The first kappa shape index (κ1) is 27.6. The molecule has 0 aliphatic carbocycles. The smallest absolute Gasteiger partial charge is 0.414 e. The number of nitrogens with zero attached hydrogens (tertiary/aromatic N) is 2. The van der Waals surface area contributed by atoms with Gasteiger partial charge in [0.05, 0.1) is 24.3 Å². The number of rotatable bonds is 9. The van der Waals surface area contributed by atoms with Crippen LogP contribution in [0.4, 0.5) is 21.0 Å². The third kappa shape index (κ3) is 7.78. The van der Waals surface area contributed by atoms with Crippen LogP contribution in [-0.2, 0) is 9.47 Å². The molecule has 0 aliphatic rings. The zero-order chi connectivity index (χ0) is 27.6. The molecule has 0 unspecified atom stereocenters. The van der Waals surface area contributed by atoms with E-state index in [1.165, 1.54) is 11.1 Å². The lowest BCUT2D eigenvalue weighted by Gasteiger charge is -2.22. The molecule has 9 nitrogen and oxygen atoms in total. The zero-order valence-corrected chi connectivity index (χ0v) is 22.8. The molecule has 0 atom stereocenters. The first-order chi connectivity index (χ1) is 18.9. The number of amides is 3. The van der Waals surface area contributed by atoms with Crippen LogP contribution in [0.1, 0.15) is 15.9 Å². The minimum atomic E-state index is -0.631. The molecule has 200 valence electrons. The Labute approximate surface area is 234 Å². The molecule has 0 aliphatic heterocycles. The number of carbonyl (C=O) groups is 3. The van der Waals surface area contributed by atoms with Gasteiger partial charge >= 0.3 is 12.2 Å². The van der Waals surface area contributed by atoms with E-state index >= 15 is 0 Å². The Morgan fingerprint density at radius 2 is 1.69 bits per heavy atom. The van der Waals surface area contributed by atoms with Crippen LogP contribution >= 0.6 is 15.9 Å². The molecule has 3 amide bonds. The van der Waals surface area contributed by atoms with Gasteiger partial charge in [-0.1, -0.05) is 54.1 Å². The van der Waals surface area contributed by atoms with Gasteiger partial charge in [0.2, 0.25) is 0 Å². The molecule has 4 rings (SSSR count). The molecule has 39 heavy (non-hydrogen) atoms. The first-order valence-corrected chi connectivity index (χ1v) is 13.0. The molecule has 3 aromatic carbocycles. The van der Waals surface area contributed by atoms with Gasteiger partial charge in [-0.2, -0.15) is 0 Å². The van der Waals surface area contributed by atoms with Crippen LogP contribution in [0.3, 0.4) is 0 Å². The van der Waals surface area contributed by atoms with Crippen molar-refractivity contribution in [1.82, 2.24) is 10.3 Å². The molecule has 10 heteroatoms. The van der Waals surface area contributed by atoms with Gasteiger partial charge in [0, 0.05) is 27.9 Å². The van der Waals surface area contributed by atoms with Crippen LogP contribution in [0.15, 0.2) is 89.7 Å². The summed E-state index contributed by atoms with van der Waals surface area (Å²) in [5.41, 5.74) is 2.64. The molecular weight excluding hydrogens is 564 g/mol. The Bertz CT molecular complexity index is 1460. The number of nitrogens with one attached hydrogen (secondary N) is 2. The van der Waals surface area contributed by atoms with Gasteiger partial charge < -0.3 is 14.8 Å². The number of anilines is 2. The summed E-state index contributed by atoms with van der Waals surface area (Å²) in [6.07, 6.45) is 1.76. The number of benzene rings is 3. The highest BCUT2D eigenvalue weighted by molar-refractivity contribution is 9.10. The largest absolute Gasteiger partial charge is 0.447 e. The van der Waals surface area contributed by atoms with Gasteiger partial charge in [0.1, 0.15) is 13.2 Å². The van der Waals surface area contributed by atoms with Crippen LogP contribution in [0, 0.1) is 6.92 Å². The van der Waals surface area contributed by atoms with E-state index in [1.807, 2.05) is 55.5 Å². The van der Waals surface area contributed by atoms with Crippen LogP contribution < -0.4 is 15.5 Å². The fraction of sp³-hybridized carbons (Fsp3) is 0.172. The molecule has 1 aromatic heterocycles. The number of fused-ring (bicyclic) bond motifs is 1. The molecular formula is C29H27BrN4O5. The summed E-state index contributed by atoms with van der Waals surface area (Å²) in [6, 6.07) is 22.3. The van der Waals surface area contributed by atoms with Gasteiger partial charge in [0.25, 0.3) is 5.91 Å². The maximum Gasteiger partial charge on any atom is 0.414 e. The summed E-state index contributed by atoms with van der Waals surface area (Å²) in [7, 11) is 0. The maximum atomic E-state index is 12.9. The number of aromatic nitrogens is 1. The minimum Gasteiger partial charge on any atom is -0.447 e. The Hall–Kier alpha value is -4.44. The van der Waals surface area contributed by atoms with Gasteiger partial charge in [-0.15, -0.1) is 0 Å². The van der Waals surface area contributed by atoms with Crippen molar-refractivity contribution in [2.24, 2.45) is 0 Å². The normalized spacial score (nSPS) is 10.5. The molecule has 2 N–H and O–H groups in total. The van der Waals surface area contributed by atoms with E-state index in [0.29, 0.717) is 21.4 Å². The van der Waals surface area contributed by atoms with Crippen molar-refractivity contribution in [1.29, 1.82) is 0 Å². The van der Waals surface area contributed by atoms with E-state index in [4.69, 9.17) is 9.47 Å². The second-order valence-electron chi connectivity index (χ2n) is 8.54.